The van der Waals surface area contributed by atoms with Crippen molar-refractivity contribution in [1.29, 1.82) is 5.26 Å². The molecule has 0 aliphatic heterocycles. The van der Waals surface area contributed by atoms with E-state index in [4.69, 9.17) is 28.5 Å². The van der Waals surface area contributed by atoms with E-state index in [1.165, 1.54) is 12.4 Å². The molecule has 1 heterocycles. The van der Waals surface area contributed by atoms with Gasteiger partial charge in [0.05, 0.1) is 5.69 Å². The molecular weight excluding hydrogens is 275 g/mol. The van der Waals surface area contributed by atoms with Crippen LogP contribution < -0.4 is 10.6 Å². The number of nitrogens with one attached hydrogen (secondary N) is 2. The monoisotopic (exact) mass is 284 g/mol. The minimum absolute atomic E-state index is 0.0694. The van der Waals surface area contributed by atoms with E-state index in [2.05, 4.69) is 15.6 Å². The third kappa shape index (κ3) is 4.24. The van der Waals surface area contributed by atoms with E-state index in [-0.39, 0.29) is 16.6 Å². The minimum Gasteiger partial charge on any atom is -0.358 e. The van der Waals surface area contributed by atoms with E-state index in [0.29, 0.717) is 12.2 Å². The topological polar surface area (TPSA) is 77.8 Å². The molecule has 18 heavy (non-hydrogen) atoms. The Labute approximate surface area is 114 Å². The van der Waals surface area contributed by atoms with Crippen molar-refractivity contribution in [2.24, 2.45) is 0 Å². The lowest BCUT2D eigenvalue weighted by atomic mass is 10.3. The van der Waals surface area contributed by atoms with Gasteiger partial charge in [-0.15, -0.1) is 11.6 Å². The van der Waals surface area contributed by atoms with Gasteiger partial charge in [-0.25, -0.2) is 4.98 Å². The molecule has 0 fully saturated rings. The van der Waals surface area contributed by atoms with Gasteiger partial charge in [-0.05, 0) is 12.1 Å². The normalized spacial score (nSPS) is 10.6. The van der Waals surface area contributed by atoms with Gasteiger partial charge in [0.15, 0.2) is 5.15 Å². The first kappa shape index (κ1) is 14.3. The first-order chi connectivity index (χ1) is 8.69. The molecule has 1 aromatic rings. The quantitative estimate of drug-likeness (QED) is 0.375. The molecule has 1 aromatic heterocycles. The highest BCUT2D eigenvalue weighted by Crippen LogP contribution is 2.17. The van der Waals surface area contributed by atoms with E-state index in [1.807, 2.05) is 0 Å². The maximum absolute atomic E-state index is 11.5. The van der Waals surface area contributed by atoms with Crippen molar-refractivity contribution in [2.75, 3.05) is 17.7 Å². The fourth-order valence-electron chi connectivity index (χ4n) is 1.05. The molecule has 0 atom stereocenters. The predicted molar refractivity (Wildman–Crippen MR) is 70.3 cm³/mol. The molecule has 7 heteroatoms. The van der Waals surface area contributed by atoms with Crippen molar-refractivity contribution >= 4 is 34.8 Å². The van der Waals surface area contributed by atoms with Gasteiger partial charge in [0.2, 0.25) is 0 Å². The Bertz CT molecular complexity index is 496. The van der Waals surface area contributed by atoms with Crippen LogP contribution >= 0.6 is 23.2 Å². The van der Waals surface area contributed by atoms with Crippen LogP contribution in [-0.4, -0.2) is 23.3 Å². The maximum atomic E-state index is 11.5. The summed E-state index contributed by atoms with van der Waals surface area (Å²) < 4.78 is 0. The number of alkyl halides is 1. The molecule has 94 valence electrons. The lowest BCUT2D eigenvalue weighted by molar-refractivity contribution is -0.117. The zero-order valence-electron chi connectivity index (χ0n) is 9.28. The van der Waals surface area contributed by atoms with Crippen LogP contribution in [0.4, 0.5) is 5.69 Å². The molecule has 0 aromatic carbocycles. The molecule has 0 radical (unpaired) electrons. The van der Waals surface area contributed by atoms with Gasteiger partial charge in [0.1, 0.15) is 11.6 Å². The van der Waals surface area contributed by atoms with Crippen molar-refractivity contribution in [1.82, 2.24) is 10.3 Å². The van der Waals surface area contributed by atoms with Crippen molar-refractivity contribution in [3.8, 4) is 6.07 Å². The van der Waals surface area contributed by atoms with Gasteiger partial charge >= 0.3 is 0 Å². The van der Waals surface area contributed by atoms with E-state index in [0.717, 1.165) is 0 Å². The summed E-state index contributed by atoms with van der Waals surface area (Å²) in [6.45, 7) is 0.299. The summed E-state index contributed by atoms with van der Waals surface area (Å²) in [6, 6.07) is 5.14. The highest BCUT2D eigenvalue weighted by atomic mass is 35.5. The van der Waals surface area contributed by atoms with Gasteiger partial charge in [-0.2, -0.15) is 5.26 Å². The SMILES string of the molecule is N#C/C(=C/Nc1cccnc1Cl)C(=O)NCCCl. The fourth-order valence-corrected chi connectivity index (χ4v) is 1.32. The number of nitrogens with zero attached hydrogens (tertiary/aromatic N) is 2. The average molecular weight is 285 g/mol. The number of pyridine rings is 1. The first-order valence-corrected chi connectivity index (χ1v) is 5.91. The number of anilines is 1. The molecule has 0 spiro atoms. The Kier molecular flexibility index (Phi) is 5.98. The van der Waals surface area contributed by atoms with Crippen LogP contribution in [0.2, 0.25) is 5.15 Å². The largest absolute Gasteiger partial charge is 0.358 e. The standard InChI is InChI=1S/C11H10Cl2N4O/c12-3-5-16-11(18)8(6-14)7-17-9-2-1-4-15-10(9)13/h1-2,4,7,17H,3,5H2,(H,16,18)/b8-7-. The number of carbonyl (C=O) groups is 1. The van der Waals surface area contributed by atoms with Crippen LogP contribution in [0.5, 0.6) is 0 Å². The molecule has 1 amide bonds. The predicted octanol–water partition coefficient (Wildman–Crippen LogP) is 1.91. The van der Waals surface area contributed by atoms with E-state index >= 15 is 0 Å². The summed E-state index contributed by atoms with van der Waals surface area (Å²) in [6.07, 6.45) is 2.81. The van der Waals surface area contributed by atoms with Crippen molar-refractivity contribution < 1.29 is 4.79 Å². The number of amides is 1. The number of halogens is 2. The molecule has 0 saturated carbocycles. The van der Waals surface area contributed by atoms with Crippen LogP contribution in [0.25, 0.3) is 0 Å². The minimum atomic E-state index is -0.495. The zero-order chi connectivity index (χ0) is 13.4. The zero-order valence-corrected chi connectivity index (χ0v) is 10.8. The maximum Gasteiger partial charge on any atom is 0.263 e. The molecule has 0 aliphatic rings. The molecule has 0 aliphatic carbocycles. The van der Waals surface area contributed by atoms with Crippen molar-refractivity contribution in [2.45, 2.75) is 0 Å². The first-order valence-electron chi connectivity index (χ1n) is 5.00. The summed E-state index contributed by atoms with van der Waals surface area (Å²) >= 11 is 11.2. The Balaban J connectivity index is 2.72. The van der Waals surface area contributed by atoms with Gasteiger partial charge in [-0.1, -0.05) is 11.6 Å². The van der Waals surface area contributed by atoms with Gasteiger partial charge < -0.3 is 10.6 Å². The van der Waals surface area contributed by atoms with Crippen molar-refractivity contribution in [3.63, 3.8) is 0 Å². The second-order valence-corrected chi connectivity index (χ2v) is 3.84. The second kappa shape index (κ2) is 7.54. The Morgan fingerprint density at radius 2 is 2.39 bits per heavy atom. The fraction of sp³-hybridized carbons (Fsp3) is 0.182. The smallest absolute Gasteiger partial charge is 0.263 e. The molecule has 0 bridgehead atoms. The number of hydrogen-bond donors (Lipinski definition) is 2. The highest BCUT2D eigenvalue weighted by Gasteiger charge is 2.07. The molecule has 0 unspecified atom stereocenters. The second-order valence-electron chi connectivity index (χ2n) is 3.10. The summed E-state index contributed by atoms with van der Waals surface area (Å²) in [5.74, 6) is -0.211. The van der Waals surface area contributed by atoms with Crippen LogP contribution in [0, 0.1) is 11.3 Å². The lowest BCUT2D eigenvalue weighted by Gasteiger charge is -2.04. The van der Waals surface area contributed by atoms with E-state index in [9.17, 15) is 4.79 Å². The molecule has 0 saturated heterocycles. The summed E-state index contributed by atoms with van der Waals surface area (Å²) in [7, 11) is 0. The molecular formula is C11H10Cl2N4O. The Morgan fingerprint density at radius 3 is 3.00 bits per heavy atom. The number of carbonyl (C=O) groups excluding carboxylic acids is 1. The van der Waals surface area contributed by atoms with Crippen LogP contribution in [0.3, 0.4) is 0 Å². The third-order valence-electron chi connectivity index (χ3n) is 1.88. The van der Waals surface area contributed by atoms with Gasteiger partial charge in [0, 0.05) is 24.8 Å². The summed E-state index contributed by atoms with van der Waals surface area (Å²) in [4.78, 5) is 15.3. The van der Waals surface area contributed by atoms with Gasteiger partial charge in [-0.3, -0.25) is 4.79 Å². The number of aromatic nitrogens is 1. The van der Waals surface area contributed by atoms with Crippen LogP contribution in [0.1, 0.15) is 0 Å². The van der Waals surface area contributed by atoms with E-state index in [1.54, 1.807) is 18.2 Å². The number of hydrogen-bond acceptors (Lipinski definition) is 4. The van der Waals surface area contributed by atoms with Crippen LogP contribution in [0.15, 0.2) is 30.1 Å². The average Bonchev–Trinajstić information content (AvgIpc) is 2.39. The Morgan fingerprint density at radius 1 is 1.61 bits per heavy atom. The summed E-state index contributed by atoms with van der Waals surface area (Å²) in [5.41, 5.74) is 0.442. The molecule has 5 nitrogen and oxygen atoms in total. The number of nitriles is 1. The van der Waals surface area contributed by atoms with E-state index < -0.39 is 5.91 Å². The third-order valence-corrected chi connectivity index (χ3v) is 2.37. The van der Waals surface area contributed by atoms with Crippen molar-refractivity contribution in [3.05, 3.63) is 35.3 Å². The highest BCUT2D eigenvalue weighted by molar-refractivity contribution is 6.32. The summed E-state index contributed by atoms with van der Waals surface area (Å²) in [5, 5.41) is 14.3. The number of rotatable bonds is 5. The van der Waals surface area contributed by atoms with Crippen LogP contribution in [-0.2, 0) is 4.79 Å². The molecule has 2 N–H and O–H groups in total. The Hall–Kier alpha value is -1.77. The lowest BCUT2D eigenvalue weighted by Crippen LogP contribution is -2.26. The van der Waals surface area contributed by atoms with Gasteiger partial charge in [0.25, 0.3) is 5.91 Å². The molecule has 1 rings (SSSR count).